The van der Waals surface area contributed by atoms with Gasteiger partial charge in [0, 0.05) is 12.4 Å². The molecule has 0 atom stereocenters. The second-order valence-electron chi connectivity index (χ2n) is 11.9. The van der Waals surface area contributed by atoms with Gasteiger partial charge in [-0.2, -0.15) is 5.10 Å². The van der Waals surface area contributed by atoms with Crippen molar-refractivity contribution in [2.45, 2.75) is 70.8 Å². The summed E-state index contributed by atoms with van der Waals surface area (Å²) in [5, 5.41) is 4.49. The first-order chi connectivity index (χ1) is 18.7. The number of nitrogens with zero attached hydrogens (tertiary/aromatic N) is 2. The van der Waals surface area contributed by atoms with E-state index in [1.165, 1.54) is 47.8 Å². The molecule has 5 nitrogen and oxygen atoms in total. The van der Waals surface area contributed by atoms with Crippen LogP contribution in [0.2, 0.25) is 0 Å². The fourth-order valence-corrected chi connectivity index (χ4v) is 5.62. The topological polar surface area (TPSA) is 53.4 Å². The lowest BCUT2D eigenvalue weighted by molar-refractivity contribution is 0.0598. The fraction of sp³-hybridized carbons (Fsp3) is 0.353. The van der Waals surface area contributed by atoms with Crippen molar-refractivity contribution in [2.75, 3.05) is 7.11 Å². The van der Waals surface area contributed by atoms with E-state index in [0.717, 1.165) is 19.4 Å². The van der Waals surface area contributed by atoms with Gasteiger partial charge in [0.15, 0.2) is 0 Å². The number of ether oxygens (including phenoxy) is 2. The van der Waals surface area contributed by atoms with Crippen LogP contribution in [0.15, 0.2) is 79.1 Å². The molecular weight excluding hydrogens is 484 g/mol. The first-order valence-electron chi connectivity index (χ1n) is 13.7. The van der Waals surface area contributed by atoms with Crippen LogP contribution < -0.4 is 4.74 Å². The maximum atomic E-state index is 12.1. The zero-order valence-corrected chi connectivity index (χ0v) is 23.7. The summed E-state index contributed by atoms with van der Waals surface area (Å²) in [6, 6.07) is 22.2. The van der Waals surface area contributed by atoms with Crippen LogP contribution in [0.5, 0.6) is 11.5 Å². The quantitative estimate of drug-likeness (QED) is 0.223. The lowest BCUT2D eigenvalue weighted by Gasteiger charge is -2.42. The van der Waals surface area contributed by atoms with Gasteiger partial charge in [-0.3, -0.25) is 4.68 Å². The van der Waals surface area contributed by atoms with Gasteiger partial charge in [-0.05, 0) is 94.7 Å². The predicted molar refractivity (Wildman–Crippen MR) is 155 cm³/mol. The summed E-state index contributed by atoms with van der Waals surface area (Å²) in [7, 11) is 1.37. The van der Waals surface area contributed by atoms with Gasteiger partial charge in [0.05, 0.1) is 13.7 Å². The monoisotopic (exact) mass is 522 g/mol. The number of hydrogen-bond acceptors (Lipinski definition) is 4. The Morgan fingerprint density at radius 1 is 0.872 bits per heavy atom. The van der Waals surface area contributed by atoms with Gasteiger partial charge in [0.2, 0.25) is 0 Å². The number of para-hydroxylation sites is 1. The van der Waals surface area contributed by atoms with Crippen LogP contribution >= 0.6 is 0 Å². The van der Waals surface area contributed by atoms with Crippen LogP contribution in [0.4, 0.5) is 0 Å². The van der Waals surface area contributed by atoms with Gasteiger partial charge in [-0.25, -0.2) is 4.79 Å². The maximum Gasteiger partial charge on any atom is 0.341 e. The highest BCUT2D eigenvalue weighted by Gasteiger charge is 2.37. The molecule has 0 saturated heterocycles. The zero-order chi connectivity index (χ0) is 27.6. The summed E-state index contributed by atoms with van der Waals surface area (Å²) < 4.78 is 12.9. The number of carbonyl (C=O) groups excluding carboxylic acids is 1. The van der Waals surface area contributed by atoms with E-state index in [-0.39, 0.29) is 10.8 Å². The third-order valence-corrected chi connectivity index (χ3v) is 8.19. The van der Waals surface area contributed by atoms with Gasteiger partial charge in [-0.1, -0.05) is 64.1 Å². The van der Waals surface area contributed by atoms with Crippen molar-refractivity contribution in [2.24, 2.45) is 0 Å². The molecule has 0 unspecified atom stereocenters. The van der Waals surface area contributed by atoms with E-state index in [1.54, 1.807) is 18.2 Å². The zero-order valence-electron chi connectivity index (χ0n) is 23.7. The van der Waals surface area contributed by atoms with Gasteiger partial charge in [0.1, 0.15) is 17.1 Å². The molecule has 1 aromatic heterocycles. The highest BCUT2D eigenvalue weighted by Crippen LogP contribution is 2.46. The van der Waals surface area contributed by atoms with Crippen LogP contribution in [0.3, 0.4) is 0 Å². The van der Waals surface area contributed by atoms with E-state index in [9.17, 15) is 4.79 Å². The molecular formula is C34H38N2O3. The summed E-state index contributed by atoms with van der Waals surface area (Å²) in [5.74, 6) is 0.761. The van der Waals surface area contributed by atoms with Gasteiger partial charge in [-0.15, -0.1) is 0 Å². The number of methoxy groups -OCH3 is 1. The smallest absolute Gasteiger partial charge is 0.341 e. The molecule has 5 heteroatoms. The van der Waals surface area contributed by atoms with Crippen molar-refractivity contribution in [1.29, 1.82) is 0 Å². The Balaban J connectivity index is 1.38. The Bertz CT molecular complexity index is 1450. The van der Waals surface area contributed by atoms with E-state index in [1.807, 2.05) is 41.3 Å². The van der Waals surface area contributed by atoms with Gasteiger partial charge < -0.3 is 9.47 Å². The molecule has 0 saturated carbocycles. The minimum Gasteiger partial charge on any atom is -0.465 e. The highest BCUT2D eigenvalue weighted by molar-refractivity contribution is 5.92. The molecule has 1 aliphatic rings. The van der Waals surface area contributed by atoms with E-state index < -0.39 is 5.97 Å². The summed E-state index contributed by atoms with van der Waals surface area (Å²) >= 11 is 0. The number of aromatic nitrogens is 2. The Morgan fingerprint density at radius 2 is 1.54 bits per heavy atom. The molecule has 0 spiro atoms. The predicted octanol–water partition coefficient (Wildman–Crippen LogP) is 7.64. The van der Waals surface area contributed by atoms with Crippen LogP contribution in [0.1, 0.15) is 78.7 Å². The number of rotatable bonds is 8. The maximum absolute atomic E-state index is 12.1. The molecule has 1 aliphatic carbocycles. The minimum absolute atomic E-state index is 0.170. The lowest BCUT2D eigenvalue weighted by Crippen LogP contribution is -2.34. The normalized spacial score (nSPS) is 15.4. The average molecular weight is 523 g/mol. The molecule has 0 amide bonds. The third-order valence-electron chi connectivity index (χ3n) is 8.19. The Hall–Kier alpha value is -3.86. The summed E-state index contributed by atoms with van der Waals surface area (Å²) in [5.41, 5.74) is 7.71. The molecule has 1 heterocycles. The molecule has 0 radical (unpaired) electrons. The Morgan fingerprint density at radius 3 is 2.18 bits per heavy atom. The van der Waals surface area contributed by atoms with Crippen molar-refractivity contribution < 1.29 is 14.3 Å². The number of benzene rings is 3. The Labute approximate surface area is 231 Å². The van der Waals surface area contributed by atoms with Crippen molar-refractivity contribution in [3.8, 4) is 11.5 Å². The first kappa shape index (κ1) is 26.7. The van der Waals surface area contributed by atoms with Gasteiger partial charge in [0.25, 0.3) is 0 Å². The molecule has 0 aliphatic heterocycles. The SMILES string of the molecule is COC(=O)c1ccccc1Oc1ccc(CCc2cc3c(cc2Cn2cccn2)C(C)(C)CCC3(C)C)cc1. The van der Waals surface area contributed by atoms with Crippen LogP contribution in [-0.4, -0.2) is 22.9 Å². The number of hydrogen-bond donors (Lipinski definition) is 0. The molecule has 39 heavy (non-hydrogen) atoms. The van der Waals surface area contributed by atoms with Crippen molar-refractivity contribution in [1.82, 2.24) is 9.78 Å². The lowest BCUT2D eigenvalue weighted by atomic mass is 9.62. The molecule has 202 valence electrons. The molecule has 0 bridgehead atoms. The molecule has 4 aromatic rings. The Kier molecular flexibility index (Phi) is 7.35. The summed E-state index contributed by atoms with van der Waals surface area (Å²) in [4.78, 5) is 12.1. The largest absolute Gasteiger partial charge is 0.465 e. The van der Waals surface area contributed by atoms with Crippen LogP contribution in [0.25, 0.3) is 0 Å². The van der Waals surface area contributed by atoms with E-state index >= 15 is 0 Å². The van der Waals surface area contributed by atoms with Gasteiger partial charge >= 0.3 is 5.97 Å². The van der Waals surface area contributed by atoms with Crippen LogP contribution in [-0.2, 0) is 35.0 Å². The van der Waals surface area contributed by atoms with E-state index in [2.05, 4.69) is 57.1 Å². The average Bonchev–Trinajstić information content (AvgIpc) is 3.44. The summed E-state index contributed by atoms with van der Waals surface area (Å²) in [6.07, 6.45) is 8.16. The molecule has 0 fully saturated rings. The van der Waals surface area contributed by atoms with E-state index in [0.29, 0.717) is 17.1 Å². The number of carbonyl (C=O) groups is 1. The van der Waals surface area contributed by atoms with Crippen molar-refractivity contribution in [3.05, 3.63) is 113 Å². The summed E-state index contributed by atoms with van der Waals surface area (Å²) in [6.45, 7) is 10.3. The highest BCUT2D eigenvalue weighted by atomic mass is 16.5. The molecule has 3 aromatic carbocycles. The number of fused-ring (bicyclic) bond motifs is 1. The standard InChI is InChI=1S/C34H38N2O3/c1-33(2)17-18-34(3,4)30-22-26(23-36-20-8-19-35-36)25(21-29(30)33)14-11-24-12-15-27(16-13-24)39-31-10-7-6-9-28(31)32(37)38-5/h6-10,12-13,15-16,19-22H,11,14,17-18,23H2,1-5H3. The van der Waals surface area contributed by atoms with Crippen molar-refractivity contribution >= 4 is 5.97 Å². The number of aryl methyl sites for hydroxylation is 2. The van der Waals surface area contributed by atoms with Crippen molar-refractivity contribution in [3.63, 3.8) is 0 Å². The molecule has 5 rings (SSSR count). The number of esters is 1. The minimum atomic E-state index is -0.412. The molecule has 0 N–H and O–H groups in total. The van der Waals surface area contributed by atoms with E-state index in [4.69, 9.17) is 9.47 Å². The fourth-order valence-electron chi connectivity index (χ4n) is 5.62. The second kappa shape index (κ2) is 10.7. The second-order valence-corrected chi connectivity index (χ2v) is 11.9. The van der Waals surface area contributed by atoms with Crippen LogP contribution in [0, 0.1) is 0 Å². The first-order valence-corrected chi connectivity index (χ1v) is 13.7. The third kappa shape index (κ3) is 5.78.